The molecule has 3 heteroatoms. The molecule has 0 spiro atoms. The molecule has 1 amide bonds. The van der Waals surface area contributed by atoms with E-state index in [0.717, 1.165) is 17.6 Å². The predicted octanol–water partition coefficient (Wildman–Crippen LogP) is 2.73. The summed E-state index contributed by atoms with van der Waals surface area (Å²) in [4.78, 5) is 14.1. The smallest absolute Gasteiger partial charge is 0.247 e. The molecule has 1 unspecified atom stereocenters. The number of allylic oxidation sites excluding steroid dienone is 1. The highest BCUT2D eigenvalue weighted by Gasteiger charge is 2.20. The van der Waals surface area contributed by atoms with E-state index >= 15 is 0 Å². The maximum absolute atomic E-state index is 12.3. The lowest BCUT2D eigenvalue weighted by molar-refractivity contribution is -0.132. The normalized spacial score (nSPS) is 20.4. The Morgan fingerprint density at radius 1 is 1.42 bits per heavy atom. The van der Waals surface area contributed by atoms with E-state index in [1.165, 1.54) is 0 Å². The number of ether oxygens (including phenoxy) is 1. The third-order valence-corrected chi connectivity index (χ3v) is 3.38. The number of morpholine rings is 1. The van der Waals surface area contributed by atoms with Crippen molar-refractivity contribution in [1.29, 1.82) is 0 Å². The van der Waals surface area contributed by atoms with Gasteiger partial charge < -0.3 is 9.64 Å². The second kappa shape index (κ2) is 6.53. The molecule has 0 bridgehead atoms. The van der Waals surface area contributed by atoms with Crippen LogP contribution >= 0.6 is 0 Å². The molecule has 19 heavy (non-hydrogen) atoms. The van der Waals surface area contributed by atoms with Crippen LogP contribution in [0.3, 0.4) is 0 Å². The molecule has 1 aromatic rings. The van der Waals surface area contributed by atoms with Gasteiger partial charge in [0.1, 0.15) is 0 Å². The molecule has 0 N–H and O–H groups in total. The summed E-state index contributed by atoms with van der Waals surface area (Å²) in [6.45, 7) is 6.08. The summed E-state index contributed by atoms with van der Waals surface area (Å²) in [6.07, 6.45) is 2.76. The molecule has 1 aliphatic heterocycles. The fourth-order valence-corrected chi connectivity index (χ4v) is 2.30. The molecular weight excluding hydrogens is 238 g/mol. The van der Waals surface area contributed by atoms with E-state index in [1.807, 2.05) is 42.2 Å². The third-order valence-electron chi connectivity index (χ3n) is 3.38. The molecule has 3 nitrogen and oxygen atoms in total. The molecule has 102 valence electrons. The first-order valence-electron chi connectivity index (χ1n) is 6.87. The van der Waals surface area contributed by atoms with Crippen molar-refractivity contribution in [3.63, 3.8) is 0 Å². The Morgan fingerprint density at radius 3 is 2.79 bits per heavy atom. The first-order valence-corrected chi connectivity index (χ1v) is 6.87. The van der Waals surface area contributed by atoms with Gasteiger partial charge in [-0.2, -0.15) is 0 Å². The van der Waals surface area contributed by atoms with E-state index in [0.29, 0.717) is 19.7 Å². The standard InChI is InChI=1S/C16H21NO2/c1-3-14(15-7-5-4-6-8-15)11-16(18)17-9-10-19-13(2)12-17/h4-8,11,13H,3,9-10,12H2,1-2H3/b14-11+. The van der Waals surface area contributed by atoms with Crippen LogP contribution in [-0.2, 0) is 9.53 Å². The second-order valence-corrected chi connectivity index (χ2v) is 4.85. The van der Waals surface area contributed by atoms with Crippen molar-refractivity contribution in [2.75, 3.05) is 19.7 Å². The number of nitrogens with zero attached hydrogens (tertiary/aromatic N) is 1. The van der Waals surface area contributed by atoms with Crippen LogP contribution in [-0.4, -0.2) is 36.6 Å². The zero-order chi connectivity index (χ0) is 13.7. The van der Waals surface area contributed by atoms with E-state index in [2.05, 4.69) is 6.92 Å². The Kier molecular flexibility index (Phi) is 4.74. The van der Waals surface area contributed by atoms with Crippen LogP contribution < -0.4 is 0 Å². The first-order chi connectivity index (χ1) is 9.20. The van der Waals surface area contributed by atoms with Crippen LogP contribution in [0, 0.1) is 0 Å². The van der Waals surface area contributed by atoms with Gasteiger partial charge in [0.15, 0.2) is 0 Å². The first kappa shape index (κ1) is 13.8. The Bertz CT molecular complexity index is 453. The molecule has 1 heterocycles. The van der Waals surface area contributed by atoms with Crippen LogP contribution in [0.2, 0.25) is 0 Å². The lowest BCUT2D eigenvalue weighted by Crippen LogP contribution is -2.43. The van der Waals surface area contributed by atoms with Crippen molar-refractivity contribution in [3.8, 4) is 0 Å². The van der Waals surface area contributed by atoms with E-state index in [4.69, 9.17) is 4.74 Å². The minimum Gasteiger partial charge on any atom is -0.375 e. The number of hydrogen-bond donors (Lipinski definition) is 0. The van der Waals surface area contributed by atoms with Gasteiger partial charge in [0.25, 0.3) is 0 Å². The Morgan fingerprint density at radius 2 is 2.16 bits per heavy atom. The molecule has 0 aliphatic carbocycles. The zero-order valence-corrected chi connectivity index (χ0v) is 11.6. The molecule has 1 aliphatic rings. The van der Waals surface area contributed by atoms with E-state index in [-0.39, 0.29) is 12.0 Å². The Balaban J connectivity index is 2.12. The van der Waals surface area contributed by atoms with Crippen molar-refractivity contribution >= 4 is 11.5 Å². The zero-order valence-electron chi connectivity index (χ0n) is 11.6. The van der Waals surface area contributed by atoms with Gasteiger partial charge in [-0.1, -0.05) is 37.3 Å². The average molecular weight is 259 g/mol. The van der Waals surface area contributed by atoms with Crippen LogP contribution in [0.4, 0.5) is 0 Å². The molecular formula is C16H21NO2. The summed E-state index contributed by atoms with van der Waals surface area (Å²) in [5, 5.41) is 0. The summed E-state index contributed by atoms with van der Waals surface area (Å²) in [7, 11) is 0. The quantitative estimate of drug-likeness (QED) is 0.781. The summed E-state index contributed by atoms with van der Waals surface area (Å²) >= 11 is 0. The highest BCUT2D eigenvalue weighted by molar-refractivity contribution is 5.95. The third kappa shape index (κ3) is 3.67. The van der Waals surface area contributed by atoms with E-state index < -0.39 is 0 Å². The van der Waals surface area contributed by atoms with Gasteiger partial charge in [-0.25, -0.2) is 0 Å². The largest absolute Gasteiger partial charge is 0.375 e. The maximum Gasteiger partial charge on any atom is 0.247 e. The van der Waals surface area contributed by atoms with Crippen molar-refractivity contribution in [2.24, 2.45) is 0 Å². The van der Waals surface area contributed by atoms with Gasteiger partial charge in [-0.3, -0.25) is 4.79 Å². The fourth-order valence-electron chi connectivity index (χ4n) is 2.30. The lowest BCUT2D eigenvalue weighted by Gasteiger charge is -2.30. The van der Waals surface area contributed by atoms with Gasteiger partial charge in [0.2, 0.25) is 5.91 Å². The van der Waals surface area contributed by atoms with Gasteiger partial charge >= 0.3 is 0 Å². The summed E-state index contributed by atoms with van der Waals surface area (Å²) < 4.78 is 5.46. The highest BCUT2D eigenvalue weighted by atomic mass is 16.5. The lowest BCUT2D eigenvalue weighted by atomic mass is 10.0. The monoisotopic (exact) mass is 259 g/mol. The SMILES string of the molecule is CC/C(=C\C(=O)N1CCOC(C)C1)c1ccccc1. The van der Waals surface area contributed by atoms with Crippen LogP contribution in [0.25, 0.3) is 5.57 Å². The minimum absolute atomic E-state index is 0.0934. The number of amides is 1. The van der Waals surface area contributed by atoms with E-state index in [9.17, 15) is 4.79 Å². The topological polar surface area (TPSA) is 29.5 Å². The Hall–Kier alpha value is -1.61. The maximum atomic E-state index is 12.3. The van der Waals surface area contributed by atoms with Gasteiger partial charge in [0.05, 0.1) is 12.7 Å². The van der Waals surface area contributed by atoms with Crippen LogP contribution in [0.15, 0.2) is 36.4 Å². The van der Waals surface area contributed by atoms with E-state index in [1.54, 1.807) is 6.08 Å². The molecule has 0 radical (unpaired) electrons. The number of carbonyl (C=O) groups excluding carboxylic acids is 1. The predicted molar refractivity (Wildman–Crippen MR) is 76.7 cm³/mol. The van der Waals surface area contributed by atoms with Crippen LogP contribution in [0.5, 0.6) is 0 Å². The number of benzene rings is 1. The minimum atomic E-state index is 0.0934. The summed E-state index contributed by atoms with van der Waals surface area (Å²) in [5.74, 6) is 0.0934. The summed E-state index contributed by atoms with van der Waals surface area (Å²) in [6, 6.07) is 10.1. The molecule has 0 saturated carbocycles. The van der Waals surface area contributed by atoms with Crippen molar-refractivity contribution in [2.45, 2.75) is 26.4 Å². The van der Waals surface area contributed by atoms with Crippen LogP contribution in [0.1, 0.15) is 25.8 Å². The molecule has 1 fully saturated rings. The number of rotatable bonds is 3. The van der Waals surface area contributed by atoms with Crippen molar-refractivity contribution in [1.82, 2.24) is 4.90 Å². The molecule has 1 atom stereocenters. The van der Waals surface area contributed by atoms with Gasteiger partial charge in [0, 0.05) is 19.2 Å². The number of carbonyl (C=O) groups is 1. The molecule has 0 aromatic heterocycles. The fraction of sp³-hybridized carbons (Fsp3) is 0.438. The molecule has 1 aromatic carbocycles. The van der Waals surface area contributed by atoms with Gasteiger partial charge in [-0.05, 0) is 24.5 Å². The second-order valence-electron chi connectivity index (χ2n) is 4.85. The highest BCUT2D eigenvalue weighted by Crippen LogP contribution is 2.18. The molecule has 1 saturated heterocycles. The molecule has 2 rings (SSSR count). The summed E-state index contributed by atoms with van der Waals surface area (Å²) in [5.41, 5.74) is 2.21. The number of hydrogen-bond acceptors (Lipinski definition) is 2. The van der Waals surface area contributed by atoms with Crippen molar-refractivity contribution in [3.05, 3.63) is 42.0 Å². The van der Waals surface area contributed by atoms with Gasteiger partial charge in [-0.15, -0.1) is 0 Å². The average Bonchev–Trinajstić information content (AvgIpc) is 2.45. The Labute approximate surface area is 114 Å². The van der Waals surface area contributed by atoms with Crippen molar-refractivity contribution < 1.29 is 9.53 Å².